The molecular formula is C23H27N3O3. The highest BCUT2D eigenvalue weighted by Crippen LogP contribution is 2.34. The van der Waals surface area contributed by atoms with Gasteiger partial charge in [-0.1, -0.05) is 25.1 Å². The van der Waals surface area contributed by atoms with Crippen molar-refractivity contribution < 1.29 is 14.6 Å². The maximum Gasteiger partial charge on any atom is 0.303 e. The molecule has 1 aliphatic rings. The van der Waals surface area contributed by atoms with Crippen LogP contribution in [0.25, 0.3) is 0 Å². The zero-order chi connectivity index (χ0) is 21.0. The van der Waals surface area contributed by atoms with Crippen LogP contribution in [0.5, 0.6) is 0 Å². The topological polar surface area (TPSA) is 85.6 Å². The Morgan fingerprint density at radius 1 is 1.28 bits per heavy atom. The van der Waals surface area contributed by atoms with Gasteiger partial charge in [-0.3, -0.25) is 4.79 Å². The molecule has 2 aromatic rings. The van der Waals surface area contributed by atoms with E-state index in [1.807, 2.05) is 57.2 Å². The van der Waals surface area contributed by atoms with Crippen LogP contribution in [0.3, 0.4) is 0 Å². The molecule has 0 spiro atoms. The predicted octanol–water partition coefficient (Wildman–Crippen LogP) is 4.19. The monoisotopic (exact) mass is 393 g/mol. The smallest absolute Gasteiger partial charge is 0.303 e. The molecule has 1 saturated heterocycles. The molecule has 2 unspecified atom stereocenters. The molecule has 2 N–H and O–H groups in total. The molecule has 0 aliphatic carbocycles. The lowest BCUT2D eigenvalue weighted by molar-refractivity contribution is -0.137. The van der Waals surface area contributed by atoms with Crippen molar-refractivity contribution in [3.63, 3.8) is 0 Å². The van der Waals surface area contributed by atoms with E-state index >= 15 is 0 Å². The van der Waals surface area contributed by atoms with Crippen molar-refractivity contribution in [2.75, 3.05) is 16.8 Å². The normalized spacial score (nSPS) is 22.6. The van der Waals surface area contributed by atoms with Crippen molar-refractivity contribution in [3.8, 4) is 6.07 Å². The largest absolute Gasteiger partial charge is 0.481 e. The number of carboxylic acids is 1. The number of nitrogens with zero attached hydrogens (tertiary/aromatic N) is 2. The lowest BCUT2D eigenvalue weighted by atomic mass is 9.94. The van der Waals surface area contributed by atoms with Gasteiger partial charge in [0.1, 0.15) is 6.17 Å². The summed E-state index contributed by atoms with van der Waals surface area (Å²) in [4.78, 5) is 13.5. The van der Waals surface area contributed by atoms with Gasteiger partial charge in [0.2, 0.25) is 0 Å². The molecule has 6 nitrogen and oxygen atoms in total. The van der Waals surface area contributed by atoms with Crippen molar-refractivity contribution >= 4 is 17.3 Å². The summed E-state index contributed by atoms with van der Waals surface area (Å²) in [5.41, 5.74) is 3.55. The van der Waals surface area contributed by atoms with E-state index in [2.05, 4.69) is 16.3 Å². The van der Waals surface area contributed by atoms with E-state index in [0.29, 0.717) is 12.1 Å². The Labute approximate surface area is 171 Å². The summed E-state index contributed by atoms with van der Waals surface area (Å²) >= 11 is 0. The van der Waals surface area contributed by atoms with Gasteiger partial charge in [0, 0.05) is 17.9 Å². The van der Waals surface area contributed by atoms with Crippen LogP contribution in [-0.2, 0) is 9.53 Å². The van der Waals surface area contributed by atoms with Crippen molar-refractivity contribution in [2.45, 2.75) is 51.5 Å². The van der Waals surface area contributed by atoms with Crippen LogP contribution < -0.4 is 10.2 Å². The molecule has 3 rings (SSSR count). The fourth-order valence-corrected chi connectivity index (χ4v) is 3.92. The Balaban J connectivity index is 1.94. The van der Waals surface area contributed by atoms with E-state index in [1.54, 1.807) is 12.1 Å². The number of morpholine rings is 1. The first kappa shape index (κ1) is 20.7. The molecule has 6 heteroatoms. The second-order valence-electron chi connectivity index (χ2n) is 7.64. The van der Waals surface area contributed by atoms with Crippen molar-refractivity contribution in [1.29, 1.82) is 5.26 Å². The van der Waals surface area contributed by atoms with Gasteiger partial charge in [0.15, 0.2) is 0 Å². The second kappa shape index (κ2) is 8.97. The highest BCUT2D eigenvalue weighted by atomic mass is 16.5. The minimum Gasteiger partial charge on any atom is -0.481 e. The van der Waals surface area contributed by atoms with E-state index in [1.165, 1.54) is 0 Å². The number of rotatable bonds is 6. The first-order chi connectivity index (χ1) is 13.9. The summed E-state index contributed by atoms with van der Waals surface area (Å²) in [7, 11) is 0. The lowest BCUT2D eigenvalue weighted by Crippen LogP contribution is -2.57. The van der Waals surface area contributed by atoms with E-state index in [0.717, 1.165) is 16.9 Å². The third kappa shape index (κ3) is 4.87. The molecule has 29 heavy (non-hydrogen) atoms. The Morgan fingerprint density at radius 2 is 1.97 bits per heavy atom. The summed E-state index contributed by atoms with van der Waals surface area (Å²) in [5, 5.41) is 21.8. The van der Waals surface area contributed by atoms with Crippen molar-refractivity contribution in [3.05, 3.63) is 59.7 Å². The van der Waals surface area contributed by atoms with E-state index in [4.69, 9.17) is 10.00 Å². The predicted molar refractivity (Wildman–Crippen MR) is 113 cm³/mol. The van der Waals surface area contributed by atoms with Crippen LogP contribution in [0.1, 0.15) is 44.2 Å². The maximum atomic E-state index is 11.3. The molecule has 0 amide bonds. The van der Waals surface area contributed by atoms with Gasteiger partial charge >= 0.3 is 5.97 Å². The van der Waals surface area contributed by atoms with Gasteiger partial charge in [-0.2, -0.15) is 5.26 Å². The Bertz CT molecular complexity index is 891. The summed E-state index contributed by atoms with van der Waals surface area (Å²) < 4.78 is 6.08. The van der Waals surface area contributed by atoms with Gasteiger partial charge in [-0.15, -0.1) is 0 Å². The fraction of sp³-hybridized carbons (Fsp3) is 0.391. The summed E-state index contributed by atoms with van der Waals surface area (Å²) in [6.45, 7) is 6.72. The number of carboxylic acid groups (broad SMARTS) is 1. The number of aliphatic carboxylic acids is 1. The third-order valence-corrected chi connectivity index (χ3v) is 5.27. The number of ether oxygens (including phenoxy) is 1. The van der Waals surface area contributed by atoms with Crippen LogP contribution in [0, 0.1) is 11.3 Å². The van der Waals surface area contributed by atoms with E-state index < -0.39 is 5.97 Å². The maximum absolute atomic E-state index is 11.3. The molecule has 0 aromatic heterocycles. The summed E-state index contributed by atoms with van der Waals surface area (Å²) in [6.07, 6.45) is -0.0819. The van der Waals surface area contributed by atoms with Crippen LogP contribution in [0.2, 0.25) is 0 Å². The average Bonchev–Trinajstić information content (AvgIpc) is 2.70. The Hall–Kier alpha value is -3.04. The number of nitrogens with one attached hydrogen (secondary N) is 1. The fourth-order valence-electron chi connectivity index (χ4n) is 3.92. The average molecular weight is 393 g/mol. The molecule has 1 fully saturated rings. The van der Waals surface area contributed by atoms with Gasteiger partial charge in [0.25, 0.3) is 0 Å². The number of hydrogen-bond acceptors (Lipinski definition) is 5. The van der Waals surface area contributed by atoms with Gasteiger partial charge in [-0.25, -0.2) is 0 Å². The highest BCUT2D eigenvalue weighted by molar-refractivity contribution is 5.69. The number of benzene rings is 2. The van der Waals surface area contributed by atoms with Crippen LogP contribution in [-0.4, -0.2) is 36.0 Å². The van der Waals surface area contributed by atoms with Gasteiger partial charge in [-0.05, 0) is 55.7 Å². The molecule has 0 bridgehead atoms. The van der Waals surface area contributed by atoms with Crippen LogP contribution in [0.15, 0.2) is 48.5 Å². The molecule has 0 radical (unpaired) electrons. The van der Waals surface area contributed by atoms with Crippen LogP contribution in [0.4, 0.5) is 11.4 Å². The number of hydrogen-bond donors (Lipinski definition) is 2. The number of anilines is 2. The second-order valence-corrected chi connectivity index (χ2v) is 7.64. The molecule has 4 atom stereocenters. The molecule has 1 aliphatic heterocycles. The first-order valence-corrected chi connectivity index (χ1v) is 9.88. The van der Waals surface area contributed by atoms with Crippen molar-refractivity contribution in [1.82, 2.24) is 0 Å². The molecular weight excluding hydrogens is 366 g/mol. The molecule has 2 aromatic carbocycles. The molecule has 152 valence electrons. The standard InChI is InChI=1S/C23H27N3O3/c1-15(12-22(27)28)20-6-4-5-7-21(20)26-14-16(2)29-17(3)23(26)25-19-10-8-18(13-24)9-11-19/h4-11,15-17,23,25H,12,14H2,1-3H3,(H,27,28)/t15?,16-,17+,23?/m1/s1. The SMILES string of the molecule is CC(CC(=O)O)c1ccccc1N1C[C@@H](C)O[C@@H](C)C1Nc1ccc(C#N)cc1. The van der Waals surface area contributed by atoms with Gasteiger partial charge < -0.3 is 20.1 Å². The van der Waals surface area contributed by atoms with Crippen LogP contribution >= 0.6 is 0 Å². The quantitative estimate of drug-likeness (QED) is 0.765. The number of para-hydroxylation sites is 1. The zero-order valence-electron chi connectivity index (χ0n) is 17.0. The summed E-state index contributed by atoms with van der Waals surface area (Å²) in [5.74, 6) is -0.906. The zero-order valence-corrected chi connectivity index (χ0v) is 17.0. The van der Waals surface area contributed by atoms with Gasteiger partial charge in [0.05, 0.1) is 30.3 Å². The lowest BCUT2D eigenvalue weighted by Gasteiger charge is -2.45. The minimum absolute atomic E-state index is 0.0480. The summed E-state index contributed by atoms with van der Waals surface area (Å²) in [6, 6.07) is 17.5. The first-order valence-electron chi connectivity index (χ1n) is 9.88. The van der Waals surface area contributed by atoms with E-state index in [9.17, 15) is 9.90 Å². The Kier molecular flexibility index (Phi) is 6.40. The number of nitriles is 1. The van der Waals surface area contributed by atoms with Crippen molar-refractivity contribution in [2.24, 2.45) is 0 Å². The van der Waals surface area contributed by atoms with E-state index in [-0.39, 0.29) is 30.7 Å². The Morgan fingerprint density at radius 3 is 2.62 bits per heavy atom. The molecule has 0 saturated carbocycles. The number of carbonyl (C=O) groups is 1. The third-order valence-electron chi connectivity index (χ3n) is 5.27. The molecule has 1 heterocycles. The highest BCUT2D eigenvalue weighted by Gasteiger charge is 2.34. The minimum atomic E-state index is -0.803.